The van der Waals surface area contributed by atoms with Crippen molar-refractivity contribution in [1.29, 1.82) is 0 Å². The van der Waals surface area contributed by atoms with Crippen molar-refractivity contribution in [3.05, 3.63) is 60.7 Å². The lowest BCUT2D eigenvalue weighted by Gasteiger charge is -2.18. The second-order valence-corrected chi connectivity index (χ2v) is 7.44. The number of sulfonamides is 1. The number of ether oxygens (including phenoxy) is 1. The highest BCUT2D eigenvalue weighted by Gasteiger charge is 2.18. The van der Waals surface area contributed by atoms with Crippen LogP contribution in [-0.4, -0.2) is 33.4 Å². The van der Waals surface area contributed by atoms with Crippen LogP contribution >= 0.6 is 0 Å². The van der Waals surface area contributed by atoms with E-state index in [2.05, 4.69) is 21.9 Å². The van der Waals surface area contributed by atoms with E-state index in [1.807, 2.05) is 0 Å². The number of carbonyl (C=O) groups excluding carboxylic acids is 2. The molecule has 140 valence electrons. The molecule has 2 aromatic rings. The van der Waals surface area contributed by atoms with Crippen LogP contribution in [0.5, 0.6) is 5.75 Å². The Morgan fingerprint density at radius 1 is 1.26 bits per heavy atom. The van der Waals surface area contributed by atoms with Gasteiger partial charge in [0, 0.05) is 17.8 Å². The standard InChI is InChI=1S/C18H17N3O5S/c1-2-8-19-27(24,25)14-5-3-4-12(9-14)18(23)20-13-6-7-16-15(10-13)21-17(22)11-26-16/h2-7,9-10,19H,1,8,11H2,(H,20,23)(H,21,22). The number of fused-ring (bicyclic) bond motifs is 1. The number of anilines is 2. The highest BCUT2D eigenvalue weighted by molar-refractivity contribution is 7.89. The lowest BCUT2D eigenvalue weighted by atomic mass is 10.2. The Bertz CT molecular complexity index is 1020. The molecule has 0 bridgehead atoms. The van der Waals surface area contributed by atoms with Gasteiger partial charge in [0.15, 0.2) is 6.61 Å². The fourth-order valence-electron chi connectivity index (χ4n) is 2.42. The van der Waals surface area contributed by atoms with Crippen LogP contribution in [-0.2, 0) is 14.8 Å². The Kier molecular flexibility index (Phi) is 5.24. The van der Waals surface area contributed by atoms with Crippen LogP contribution in [0.25, 0.3) is 0 Å². The van der Waals surface area contributed by atoms with E-state index in [9.17, 15) is 18.0 Å². The molecule has 3 N–H and O–H groups in total. The molecule has 0 aliphatic carbocycles. The third-order valence-corrected chi connectivity index (χ3v) is 5.12. The maximum atomic E-state index is 12.5. The summed E-state index contributed by atoms with van der Waals surface area (Å²) in [5.74, 6) is -0.260. The first-order chi connectivity index (χ1) is 12.9. The van der Waals surface area contributed by atoms with Gasteiger partial charge in [0.1, 0.15) is 5.75 Å². The van der Waals surface area contributed by atoms with Crippen molar-refractivity contribution < 1.29 is 22.7 Å². The average molecular weight is 387 g/mol. The van der Waals surface area contributed by atoms with Crippen LogP contribution in [0, 0.1) is 0 Å². The van der Waals surface area contributed by atoms with E-state index in [1.165, 1.54) is 30.3 Å². The fourth-order valence-corrected chi connectivity index (χ4v) is 3.46. The molecule has 0 atom stereocenters. The quantitative estimate of drug-likeness (QED) is 0.654. The number of nitrogens with one attached hydrogen (secondary N) is 3. The maximum absolute atomic E-state index is 12.5. The Balaban J connectivity index is 1.79. The van der Waals surface area contributed by atoms with Gasteiger partial charge in [0.25, 0.3) is 11.8 Å². The molecular formula is C18H17N3O5S. The number of amides is 2. The van der Waals surface area contributed by atoms with Gasteiger partial charge in [-0.15, -0.1) is 6.58 Å². The highest BCUT2D eigenvalue weighted by atomic mass is 32.2. The molecule has 1 heterocycles. The molecule has 1 aliphatic rings. The van der Waals surface area contributed by atoms with Crippen LogP contribution in [0.1, 0.15) is 10.4 Å². The smallest absolute Gasteiger partial charge is 0.262 e. The Morgan fingerprint density at radius 3 is 2.85 bits per heavy atom. The van der Waals surface area contributed by atoms with Crippen molar-refractivity contribution in [2.75, 3.05) is 23.8 Å². The van der Waals surface area contributed by atoms with Gasteiger partial charge in [0.05, 0.1) is 10.6 Å². The van der Waals surface area contributed by atoms with E-state index >= 15 is 0 Å². The molecule has 0 spiro atoms. The van der Waals surface area contributed by atoms with Crippen LogP contribution in [0.2, 0.25) is 0 Å². The van der Waals surface area contributed by atoms with Crippen LogP contribution < -0.4 is 20.1 Å². The molecule has 0 saturated heterocycles. The molecule has 9 heteroatoms. The van der Waals surface area contributed by atoms with Gasteiger partial charge in [-0.05, 0) is 36.4 Å². The van der Waals surface area contributed by atoms with Crippen molar-refractivity contribution in [2.24, 2.45) is 0 Å². The third kappa shape index (κ3) is 4.33. The minimum atomic E-state index is -3.73. The van der Waals surface area contributed by atoms with E-state index in [4.69, 9.17) is 4.74 Å². The van der Waals surface area contributed by atoms with E-state index in [0.29, 0.717) is 17.1 Å². The summed E-state index contributed by atoms with van der Waals surface area (Å²) in [4.78, 5) is 23.8. The molecule has 0 saturated carbocycles. The minimum Gasteiger partial charge on any atom is -0.482 e. The van der Waals surface area contributed by atoms with Crippen molar-refractivity contribution in [3.8, 4) is 5.75 Å². The molecule has 27 heavy (non-hydrogen) atoms. The summed E-state index contributed by atoms with van der Waals surface area (Å²) in [5, 5.41) is 5.32. The van der Waals surface area contributed by atoms with E-state index < -0.39 is 15.9 Å². The molecule has 0 radical (unpaired) electrons. The van der Waals surface area contributed by atoms with Gasteiger partial charge in [-0.3, -0.25) is 9.59 Å². The molecule has 3 rings (SSSR count). The monoisotopic (exact) mass is 387 g/mol. The molecule has 2 aromatic carbocycles. The lowest BCUT2D eigenvalue weighted by molar-refractivity contribution is -0.118. The predicted octanol–water partition coefficient (Wildman–Crippen LogP) is 1.73. The number of benzene rings is 2. The zero-order valence-corrected chi connectivity index (χ0v) is 15.0. The molecule has 0 fully saturated rings. The first-order valence-electron chi connectivity index (χ1n) is 7.98. The molecule has 0 aromatic heterocycles. The third-order valence-electron chi connectivity index (χ3n) is 3.69. The molecule has 0 unspecified atom stereocenters. The zero-order valence-electron chi connectivity index (χ0n) is 14.2. The van der Waals surface area contributed by atoms with Crippen molar-refractivity contribution in [3.63, 3.8) is 0 Å². The van der Waals surface area contributed by atoms with Gasteiger partial charge in [0.2, 0.25) is 10.0 Å². The van der Waals surface area contributed by atoms with Crippen molar-refractivity contribution in [2.45, 2.75) is 4.90 Å². The number of rotatable bonds is 6. The second kappa shape index (κ2) is 7.60. The lowest BCUT2D eigenvalue weighted by Crippen LogP contribution is -2.25. The molecule has 1 aliphatic heterocycles. The van der Waals surface area contributed by atoms with E-state index in [1.54, 1.807) is 18.2 Å². The second-order valence-electron chi connectivity index (χ2n) is 5.67. The van der Waals surface area contributed by atoms with Crippen molar-refractivity contribution in [1.82, 2.24) is 4.72 Å². The highest BCUT2D eigenvalue weighted by Crippen LogP contribution is 2.30. The van der Waals surface area contributed by atoms with Gasteiger partial charge in [-0.2, -0.15) is 0 Å². The van der Waals surface area contributed by atoms with Gasteiger partial charge >= 0.3 is 0 Å². The Labute approximate surface area is 156 Å². The first kappa shape index (κ1) is 18.6. The topological polar surface area (TPSA) is 114 Å². The van der Waals surface area contributed by atoms with Gasteiger partial charge in [-0.1, -0.05) is 12.1 Å². The molecule has 8 nitrogen and oxygen atoms in total. The van der Waals surface area contributed by atoms with Crippen LogP contribution in [0.4, 0.5) is 11.4 Å². The summed E-state index contributed by atoms with van der Waals surface area (Å²) >= 11 is 0. The van der Waals surface area contributed by atoms with E-state index in [0.717, 1.165) is 0 Å². The van der Waals surface area contributed by atoms with Crippen molar-refractivity contribution >= 4 is 33.2 Å². The minimum absolute atomic E-state index is 0.0249. The van der Waals surface area contributed by atoms with Gasteiger partial charge < -0.3 is 15.4 Å². The Hall–Kier alpha value is -3.17. The average Bonchev–Trinajstić information content (AvgIpc) is 2.66. The summed E-state index contributed by atoms with van der Waals surface area (Å²) in [6, 6.07) is 10.5. The number of carbonyl (C=O) groups is 2. The summed E-state index contributed by atoms with van der Waals surface area (Å²) in [7, 11) is -3.73. The molecule has 2 amide bonds. The van der Waals surface area contributed by atoms with Crippen LogP contribution in [0.15, 0.2) is 60.0 Å². The summed E-state index contributed by atoms with van der Waals surface area (Å²) < 4.78 is 31.9. The summed E-state index contributed by atoms with van der Waals surface area (Å²) in [6.07, 6.45) is 1.42. The predicted molar refractivity (Wildman–Crippen MR) is 100 cm³/mol. The van der Waals surface area contributed by atoms with E-state index in [-0.39, 0.29) is 29.5 Å². The first-order valence-corrected chi connectivity index (χ1v) is 9.46. The molecular weight excluding hydrogens is 370 g/mol. The summed E-state index contributed by atoms with van der Waals surface area (Å²) in [5.41, 5.74) is 1.06. The van der Waals surface area contributed by atoms with Crippen LogP contribution in [0.3, 0.4) is 0 Å². The van der Waals surface area contributed by atoms with Gasteiger partial charge in [-0.25, -0.2) is 13.1 Å². The largest absolute Gasteiger partial charge is 0.482 e. The SMILES string of the molecule is C=CCNS(=O)(=O)c1cccc(C(=O)Nc2ccc3c(c2)NC(=O)CO3)c1. The number of hydrogen-bond acceptors (Lipinski definition) is 5. The maximum Gasteiger partial charge on any atom is 0.262 e. The normalized spacial score (nSPS) is 13.1. The summed E-state index contributed by atoms with van der Waals surface area (Å²) in [6.45, 7) is 3.49. The zero-order chi connectivity index (χ0) is 19.4. The fraction of sp³-hybridized carbons (Fsp3) is 0.111. The number of hydrogen-bond donors (Lipinski definition) is 3. The Morgan fingerprint density at radius 2 is 2.07 bits per heavy atom.